The molecule has 0 radical (unpaired) electrons. The fourth-order valence-electron chi connectivity index (χ4n) is 2.51. The van der Waals surface area contributed by atoms with Crippen LogP contribution in [0.25, 0.3) is 0 Å². The van der Waals surface area contributed by atoms with Gasteiger partial charge in [-0.05, 0) is 39.8 Å². The first-order valence-electron chi connectivity index (χ1n) is 6.64. The van der Waals surface area contributed by atoms with E-state index in [-0.39, 0.29) is 0 Å². The lowest BCUT2D eigenvalue weighted by Crippen LogP contribution is -2.41. The molecule has 1 saturated heterocycles. The Kier molecular flexibility index (Phi) is 4.05. The van der Waals surface area contributed by atoms with Crippen LogP contribution < -0.4 is 5.32 Å². The van der Waals surface area contributed by atoms with E-state index in [9.17, 15) is 0 Å². The fraction of sp³-hybridized carbons (Fsp3) is 0.769. The standard InChI is InChI=1S/C13H24N4/c1-11-10-16(3)13(15-11)14-9-12(2)17-7-5-4-6-8-17/h10,12H,4-9H2,1-3H3,(H,14,15). The van der Waals surface area contributed by atoms with Gasteiger partial charge in [0.2, 0.25) is 5.95 Å². The third kappa shape index (κ3) is 3.22. The van der Waals surface area contributed by atoms with Gasteiger partial charge in [-0.15, -0.1) is 0 Å². The van der Waals surface area contributed by atoms with Gasteiger partial charge in [-0.3, -0.25) is 4.90 Å². The molecule has 0 saturated carbocycles. The summed E-state index contributed by atoms with van der Waals surface area (Å²) >= 11 is 0. The van der Waals surface area contributed by atoms with Gasteiger partial charge in [0.15, 0.2) is 0 Å². The molecular formula is C13H24N4. The molecule has 1 atom stereocenters. The van der Waals surface area contributed by atoms with Crippen molar-refractivity contribution in [2.45, 2.75) is 39.2 Å². The molecular weight excluding hydrogens is 212 g/mol. The summed E-state index contributed by atoms with van der Waals surface area (Å²) in [5.41, 5.74) is 1.07. The number of piperidine rings is 1. The summed E-state index contributed by atoms with van der Waals surface area (Å²) in [7, 11) is 2.04. The van der Waals surface area contributed by atoms with Crippen LogP contribution in [0, 0.1) is 6.92 Å². The molecule has 1 aliphatic rings. The van der Waals surface area contributed by atoms with Crippen LogP contribution in [0.3, 0.4) is 0 Å². The molecule has 2 rings (SSSR count). The highest BCUT2D eigenvalue weighted by Gasteiger charge is 2.16. The van der Waals surface area contributed by atoms with Crippen molar-refractivity contribution in [3.05, 3.63) is 11.9 Å². The molecule has 0 aromatic carbocycles. The summed E-state index contributed by atoms with van der Waals surface area (Å²) < 4.78 is 2.05. The topological polar surface area (TPSA) is 33.1 Å². The molecule has 0 spiro atoms. The zero-order valence-corrected chi connectivity index (χ0v) is 11.2. The number of rotatable bonds is 4. The Morgan fingerprint density at radius 2 is 2.06 bits per heavy atom. The van der Waals surface area contributed by atoms with E-state index in [0.717, 1.165) is 18.2 Å². The average Bonchev–Trinajstić information content (AvgIpc) is 2.66. The smallest absolute Gasteiger partial charge is 0.202 e. The second-order valence-corrected chi connectivity index (χ2v) is 5.14. The minimum Gasteiger partial charge on any atom is -0.354 e. The number of aryl methyl sites for hydroxylation is 2. The fourth-order valence-corrected chi connectivity index (χ4v) is 2.51. The number of hydrogen-bond donors (Lipinski definition) is 1. The number of nitrogens with one attached hydrogen (secondary N) is 1. The predicted octanol–water partition coefficient (Wildman–Crippen LogP) is 2.01. The third-order valence-corrected chi connectivity index (χ3v) is 3.57. The van der Waals surface area contributed by atoms with Crippen molar-refractivity contribution in [2.75, 3.05) is 25.0 Å². The van der Waals surface area contributed by atoms with Crippen LogP contribution in [0.1, 0.15) is 31.9 Å². The van der Waals surface area contributed by atoms with Gasteiger partial charge in [0.25, 0.3) is 0 Å². The van der Waals surface area contributed by atoms with Crippen molar-refractivity contribution in [3.63, 3.8) is 0 Å². The Hall–Kier alpha value is -1.03. The van der Waals surface area contributed by atoms with E-state index in [1.165, 1.54) is 32.4 Å². The highest BCUT2D eigenvalue weighted by atomic mass is 15.2. The number of aromatic nitrogens is 2. The third-order valence-electron chi connectivity index (χ3n) is 3.57. The van der Waals surface area contributed by atoms with E-state index in [4.69, 9.17) is 0 Å². The largest absolute Gasteiger partial charge is 0.354 e. The van der Waals surface area contributed by atoms with Crippen molar-refractivity contribution < 1.29 is 0 Å². The van der Waals surface area contributed by atoms with Crippen molar-refractivity contribution in [3.8, 4) is 0 Å². The Bertz CT molecular complexity index is 352. The van der Waals surface area contributed by atoms with E-state index >= 15 is 0 Å². The molecule has 4 heteroatoms. The van der Waals surface area contributed by atoms with Crippen LogP contribution in [0.4, 0.5) is 5.95 Å². The highest BCUT2D eigenvalue weighted by molar-refractivity contribution is 5.28. The lowest BCUT2D eigenvalue weighted by molar-refractivity contribution is 0.180. The van der Waals surface area contributed by atoms with E-state index in [1.54, 1.807) is 0 Å². The maximum absolute atomic E-state index is 4.46. The normalized spacial score (nSPS) is 19.2. The zero-order chi connectivity index (χ0) is 12.3. The number of nitrogens with zero attached hydrogens (tertiary/aromatic N) is 3. The van der Waals surface area contributed by atoms with Gasteiger partial charge in [-0.1, -0.05) is 6.42 Å². The van der Waals surface area contributed by atoms with Gasteiger partial charge in [0, 0.05) is 25.8 Å². The summed E-state index contributed by atoms with van der Waals surface area (Å²) in [5, 5.41) is 3.44. The first kappa shape index (κ1) is 12.4. The molecule has 1 aliphatic heterocycles. The minimum atomic E-state index is 0.590. The zero-order valence-electron chi connectivity index (χ0n) is 11.2. The second-order valence-electron chi connectivity index (χ2n) is 5.14. The Morgan fingerprint density at radius 1 is 1.35 bits per heavy atom. The molecule has 1 aromatic rings. The Balaban J connectivity index is 1.82. The van der Waals surface area contributed by atoms with Crippen LogP contribution in [-0.4, -0.2) is 40.1 Å². The minimum absolute atomic E-state index is 0.590. The summed E-state index contributed by atoms with van der Waals surface area (Å²) in [4.78, 5) is 7.04. The summed E-state index contributed by atoms with van der Waals surface area (Å²) in [6.07, 6.45) is 6.15. The number of anilines is 1. The summed E-state index contributed by atoms with van der Waals surface area (Å²) in [5.74, 6) is 0.978. The van der Waals surface area contributed by atoms with Crippen LogP contribution in [0.2, 0.25) is 0 Å². The first-order valence-corrected chi connectivity index (χ1v) is 6.64. The molecule has 1 N–H and O–H groups in total. The molecule has 0 amide bonds. The second kappa shape index (κ2) is 5.54. The van der Waals surface area contributed by atoms with Crippen LogP contribution >= 0.6 is 0 Å². The molecule has 0 aliphatic carbocycles. The highest BCUT2D eigenvalue weighted by Crippen LogP contribution is 2.13. The molecule has 1 aromatic heterocycles. The monoisotopic (exact) mass is 236 g/mol. The maximum atomic E-state index is 4.46. The Morgan fingerprint density at radius 3 is 2.65 bits per heavy atom. The van der Waals surface area contributed by atoms with Crippen molar-refractivity contribution in [1.29, 1.82) is 0 Å². The maximum Gasteiger partial charge on any atom is 0.202 e. The van der Waals surface area contributed by atoms with Crippen molar-refractivity contribution in [1.82, 2.24) is 14.5 Å². The number of hydrogen-bond acceptors (Lipinski definition) is 3. The van der Waals surface area contributed by atoms with Gasteiger partial charge in [0.05, 0.1) is 5.69 Å². The molecule has 2 heterocycles. The van der Waals surface area contributed by atoms with Crippen molar-refractivity contribution in [2.24, 2.45) is 7.05 Å². The number of imidazole rings is 1. The molecule has 0 bridgehead atoms. The lowest BCUT2D eigenvalue weighted by atomic mass is 10.1. The van der Waals surface area contributed by atoms with Gasteiger partial charge < -0.3 is 9.88 Å². The average molecular weight is 236 g/mol. The van der Waals surface area contributed by atoms with E-state index in [1.807, 2.05) is 20.2 Å². The molecule has 4 nitrogen and oxygen atoms in total. The van der Waals surface area contributed by atoms with Gasteiger partial charge in [0.1, 0.15) is 0 Å². The molecule has 1 fully saturated rings. The first-order chi connectivity index (χ1) is 8.16. The molecule has 96 valence electrons. The lowest BCUT2D eigenvalue weighted by Gasteiger charge is -2.32. The van der Waals surface area contributed by atoms with E-state index in [2.05, 4.69) is 26.7 Å². The van der Waals surface area contributed by atoms with Gasteiger partial charge in [-0.25, -0.2) is 4.98 Å². The molecule has 1 unspecified atom stereocenters. The van der Waals surface area contributed by atoms with E-state index < -0.39 is 0 Å². The van der Waals surface area contributed by atoms with Crippen molar-refractivity contribution >= 4 is 5.95 Å². The molecule has 17 heavy (non-hydrogen) atoms. The van der Waals surface area contributed by atoms with Crippen LogP contribution in [0.15, 0.2) is 6.20 Å². The predicted molar refractivity (Wildman–Crippen MR) is 71.3 cm³/mol. The van der Waals surface area contributed by atoms with E-state index in [0.29, 0.717) is 6.04 Å². The van der Waals surface area contributed by atoms with Gasteiger partial charge in [-0.2, -0.15) is 0 Å². The number of likely N-dealkylation sites (tertiary alicyclic amines) is 1. The van der Waals surface area contributed by atoms with Crippen LogP contribution in [-0.2, 0) is 7.05 Å². The van der Waals surface area contributed by atoms with Gasteiger partial charge >= 0.3 is 0 Å². The summed E-state index contributed by atoms with van der Waals surface area (Å²) in [6.45, 7) is 7.81. The van der Waals surface area contributed by atoms with Crippen LogP contribution in [0.5, 0.6) is 0 Å². The Labute approximate surface area is 104 Å². The summed E-state index contributed by atoms with van der Waals surface area (Å²) in [6, 6.07) is 0.590. The SMILES string of the molecule is Cc1cn(C)c(NCC(C)N2CCCCC2)n1. The quantitative estimate of drug-likeness (QED) is 0.868.